The average molecular weight is 288 g/mol. The lowest BCUT2D eigenvalue weighted by Crippen LogP contribution is -2.19. The van der Waals surface area contributed by atoms with Crippen LogP contribution in [-0.4, -0.2) is 17.1 Å². The molecule has 1 aromatic rings. The Morgan fingerprint density at radius 3 is 2.31 bits per heavy atom. The van der Waals surface area contributed by atoms with E-state index in [1.165, 1.54) is 0 Å². The molecule has 1 unspecified atom stereocenters. The Bertz CT molecular complexity index is 388. The van der Waals surface area contributed by atoms with Gasteiger partial charge < -0.3 is 10.5 Å². The van der Waals surface area contributed by atoms with Gasteiger partial charge in [-0.15, -0.1) is 0 Å². The molecule has 0 saturated carbocycles. The van der Waals surface area contributed by atoms with Crippen LogP contribution in [0, 0.1) is 0 Å². The van der Waals surface area contributed by atoms with Crippen molar-refractivity contribution >= 4 is 21.7 Å². The minimum atomic E-state index is -0.156. The molecule has 0 radical (unpaired) electrons. The fourth-order valence-electron chi connectivity index (χ4n) is 1.27. The molecule has 5 heteroatoms. The highest BCUT2D eigenvalue weighted by Gasteiger charge is 2.23. The smallest absolute Gasteiger partial charge is 0.159 e. The van der Waals surface area contributed by atoms with Gasteiger partial charge in [0.15, 0.2) is 5.82 Å². The van der Waals surface area contributed by atoms with Crippen LogP contribution in [0.2, 0.25) is 0 Å². The van der Waals surface area contributed by atoms with Crippen molar-refractivity contribution in [3.8, 4) is 0 Å². The van der Waals surface area contributed by atoms with E-state index in [1.807, 2.05) is 6.92 Å². The molecule has 0 aromatic carbocycles. The van der Waals surface area contributed by atoms with Crippen molar-refractivity contribution in [2.24, 2.45) is 0 Å². The number of hydrogen-bond donors (Lipinski definition) is 1. The first-order valence-electron chi connectivity index (χ1n) is 5.13. The van der Waals surface area contributed by atoms with Crippen LogP contribution >= 0.6 is 15.9 Å². The number of hydrogen-bond acceptors (Lipinski definition) is 4. The quantitative estimate of drug-likeness (QED) is 0.909. The second-order valence-electron chi connectivity index (χ2n) is 4.76. The van der Waals surface area contributed by atoms with E-state index in [0.717, 1.165) is 10.2 Å². The van der Waals surface area contributed by atoms with Gasteiger partial charge in [-0.1, -0.05) is 20.8 Å². The molecule has 0 aliphatic heterocycles. The molecule has 0 saturated heterocycles. The highest BCUT2D eigenvalue weighted by Crippen LogP contribution is 2.32. The Labute approximate surface area is 105 Å². The molecule has 2 N–H and O–H groups in total. The molecule has 0 aliphatic rings. The molecular weight excluding hydrogens is 270 g/mol. The van der Waals surface area contributed by atoms with E-state index >= 15 is 0 Å². The lowest BCUT2D eigenvalue weighted by molar-refractivity contribution is 0.111. The fourth-order valence-corrected chi connectivity index (χ4v) is 2.04. The van der Waals surface area contributed by atoms with Crippen LogP contribution in [0.5, 0.6) is 0 Å². The zero-order valence-corrected chi connectivity index (χ0v) is 11.9. The molecule has 90 valence electrons. The molecule has 4 nitrogen and oxygen atoms in total. The Balaban J connectivity index is 3.33. The summed E-state index contributed by atoms with van der Waals surface area (Å²) in [4.78, 5) is 8.72. The van der Waals surface area contributed by atoms with Gasteiger partial charge in [-0.3, -0.25) is 0 Å². The summed E-state index contributed by atoms with van der Waals surface area (Å²) in [6, 6.07) is 0. The maximum atomic E-state index is 5.86. The maximum Gasteiger partial charge on any atom is 0.159 e. The minimum Gasteiger partial charge on any atom is -0.383 e. The number of ether oxygens (including phenoxy) is 1. The number of nitrogen functional groups attached to an aromatic ring is 1. The van der Waals surface area contributed by atoms with E-state index < -0.39 is 0 Å². The largest absolute Gasteiger partial charge is 0.383 e. The van der Waals surface area contributed by atoms with Crippen LogP contribution in [0.3, 0.4) is 0 Å². The summed E-state index contributed by atoms with van der Waals surface area (Å²) in [5, 5.41) is 0. The standard InChI is InChI=1S/C11H18BrN3O/c1-6(16-5)10-14-8(11(2,3)4)7(12)9(13)15-10/h6H,1-5H3,(H2,13,14,15). The van der Waals surface area contributed by atoms with E-state index in [0.29, 0.717) is 11.6 Å². The lowest BCUT2D eigenvalue weighted by Gasteiger charge is -2.21. The van der Waals surface area contributed by atoms with E-state index in [-0.39, 0.29) is 11.5 Å². The van der Waals surface area contributed by atoms with Crippen molar-refractivity contribution in [3.63, 3.8) is 0 Å². The van der Waals surface area contributed by atoms with Gasteiger partial charge in [0.2, 0.25) is 0 Å². The Morgan fingerprint density at radius 1 is 1.31 bits per heavy atom. The number of anilines is 1. The van der Waals surface area contributed by atoms with Crippen LogP contribution in [0.15, 0.2) is 4.47 Å². The predicted octanol–water partition coefficient (Wildman–Crippen LogP) is 2.83. The minimum absolute atomic E-state index is 0.0852. The van der Waals surface area contributed by atoms with Gasteiger partial charge in [0, 0.05) is 12.5 Å². The summed E-state index contributed by atoms with van der Waals surface area (Å²) in [7, 11) is 1.63. The van der Waals surface area contributed by atoms with Crippen molar-refractivity contribution in [1.82, 2.24) is 9.97 Å². The van der Waals surface area contributed by atoms with Crippen LogP contribution in [0.25, 0.3) is 0 Å². The number of methoxy groups -OCH3 is 1. The third-order valence-corrected chi connectivity index (χ3v) is 3.10. The monoisotopic (exact) mass is 287 g/mol. The molecule has 0 amide bonds. The van der Waals surface area contributed by atoms with Crippen molar-refractivity contribution < 1.29 is 4.74 Å². The highest BCUT2D eigenvalue weighted by molar-refractivity contribution is 9.10. The van der Waals surface area contributed by atoms with Crippen LogP contribution < -0.4 is 5.73 Å². The number of halogens is 1. The molecule has 1 heterocycles. The van der Waals surface area contributed by atoms with Crippen molar-refractivity contribution in [3.05, 3.63) is 16.0 Å². The maximum absolute atomic E-state index is 5.86. The number of nitrogens with two attached hydrogens (primary N) is 1. The van der Waals surface area contributed by atoms with E-state index in [9.17, 15) is 0 Å². The van der Waals surface area contributed by atoms with Gasteiger partial charge in [0.1, 0.15) is 11.9 Å². The van der Waals surface area contributed by atoms with E-state index in [2.05, 4.69) is 46.7 Å². The normalized spacial score (nSPS) is 13.9. The molecule has 1 aromatic heterocycles. The lowest BCUT2D eigenvalue weighted by atomic mass is 9.92. The second kappa shape index (κ2) is 4.67. The van der Waals surface area contributed by atoms with Crippen molar-refractivity contribution in [2.75, 3.05) is 12.8 Å². The third kappa shape index (κ3) is 2.71. The summed E-state index contributed by atoms with van der Waals surface area (Å²) >= 11 is 3.43. The van der Waals surface area contributed by atoms with Gasteiger partial charge in [0.05, 0.1) is 10.2 Å². The van der Waals surface area contributed by atoms with Gasteiger partial charge in [-0.25, -0.2) is 9.97 Å². The third-order valence-electron chi connectivity index (χ3n) is 2.32. The fraction of sp³-hybridized carbons (Fsp3) is 0.636. The van der Waals surface area contributed by atoms with E-state index in [4.69, 9.17) is 10.5 Å². The van der Waals surface area contributed by atoms with E-state index in [1.54, 1.807) is 7.11 Å². The van der Waals surface area contributed by atoms with Crippen LogP contribution in [0.1, 0.15) is 45.3 Å². The molecule has 0 bridgehead atoms. The molecule has 16 heavy (non-hydrogen) atoms. The highest BCUT2D eigenvalue weighted by atomic mass is 79.9. The predicted molar refractivity (Wildman–Crippen MR) is 68.3 cm³/mol. The SMILES string of the molecule is COC(C)c1nc(N)c(Br)c(C(C)(C)C)n1. The first-order valence-corrected chi connectivity index (χ1v) is 5.93. The second-order valence-corrected chi connectivity index (χ2v) is 5.55. The molecular formula is C11H18BrN3O. The van der Waals surface area contributed by atoms with Crippen LogP contribution in [-0.2, 0) is 10.2 Å². The van der Waals surface area contributed by atoms with Gasteiger partial charge >= 0.3 is 0 Å². The van der Waals surface area contributed by atoms with Crippen molar-refractivity contribution in [2.45, 2.75) is 39.2 Å². The molecule has 0 spiro atoms. The Hall–Kier alpha value is -0.680. The zero-order chi connectivity index (χ0) is 12.5. The number of aromatic nitrogens is 2. The van der Waals surface area contributed by atoms with Gasteiger partial charge in [-0.05, 0) is 22.9 Å². The van der Waals surface area contributed by atoms with Crippen molar-refractivity contribution in [1.29, 1.82) is 0 Å². The summed E-state index contributed by atoms with van der Waals surface area (Å²) in [5.74, 6) is 1.08. The Kier molecular flexibility index (Phi) is 3.91. The van der Waals surface area contributed by atoms with Crippen LogP contribution in [0.4, 0.5) is 5.82 Å². The topological polar surface area (TPSA) is 61.0 Å². The number of nitrogens with zero attached hydrogens (tertiary/aromatic N) is 2. The summed E-state index contributed by atoms with van der Waals surface area (Å²) in [6.45, 7) is 8.15. The summed E-state index contributed by atoms with van der Waals surface area (Å²) < 4.78 is 5.97. The molecule has 1 rings (SSSR count). The average Bonchev–Trinajstić information content (AvgIpc) is 2.18. The molecule has 0 fully saturated rings. The number of rotatable bonds is 2. The first kappa shape index (κ1) is 13.4. The zero-order valence-electron chi connectivity index (χ0n) is 10.3. The summed E-state index contributed by atoms with van der Waals surface area (Å²) in [6.07, 6.45) is -0.156. The first-order chi connectivity index (χ1) is 7.27. The molecule has 0 aliphatic carbocycles. The summed E-state index contributed by atoms with van der Waals surface area (Å²) in [5.41, 5.74) is 6.67. The Morgan fingerprint density at radius 2 is 1.88 bits per heavy atom. The molecule has 1 atom stereocenters. The van der Waals surface area contributed by atoms with Gasteiger partial charge in [0.25, 0.3) is 0 Å². The van der Waals surface area contributed by atoms with Gasteiger partial charge in [-0.2, -0.15) is 0 Å².